The van der Waals surface area contributed by atoms with Crippen LogP contribution in [0.3, 0.4) is 0 Å². The molecule has 0 aromatic carbocycles. The number of amidine groups is 1. The first-order valence-corrected chi connectivity index (χ1v) is 5.50. The summed E-state index contributed by atoms with van der Waals surface area (Å²) in [7, 11) is 3.63. The third kappa shape index (κ3) is 3.42. The lowest BCUT2D eigenvalue weighted by Crippen LogP contribution is -2.33. The number of methoxy groups -OCH3 is 1. The molecular formula is C12H20N4O. The van der Waals surface area contributed by atoms with Gasteiger partial charge in [-0.05, 0) is 26.0 Å². The minimum atomic E-state index is 0.0598. The average Bonchev–Trinajstić information content (AvgIpc) is 2.27. The van der Waals surface area contributed by atoms with E-state index in [-0.39, 0.29) is 11.9 Å². The molecule has 0 bridgehead atoms. The van der Waals surface area contributed by atoms with E-state index in [1.54, 1.807) is 13.2 Å². The molecule has 1 rings (SSSR count). The van der Waals surface area contributed by atoms with Crippen molar-refractivity contribution in [3.63, 3.8) is 0 Å². The number of nitrogens with zero attached hydrogens (tertiary/aromatic N) is 2. The number of hydrogen-bond acceptors (Lipinski definition) is 4. The van der Waals surface area contributed by atoms with Crippen LogP contribution in [-0.4, -0.2) is 37.6 Å². The molecule has 0 fully saturated rings. The molecule has 0 radical (unpaired) electrons. The van der Waals surface area contributed by atoms with Gasteiger partial charge in [-0.1, -0.05) is 0 Å². The summed E-state index contributed by atoms with van der Waals surface area (Å²) < 4.78 is 5.12. The number of nitrogen functional groups attached to an aromatic ring is 1. The average molecular weight is 236 g/mol. The fourth-order valence-corrected chi connectivity index (χ4v) is 1.57. The Morgan fingerprint density at radius 1 is 1.59 bits per heavy atom. The van der Waals surface area contributed by atoms with Crippen molar-refractivity contribution in [2.45, 2.75) is 19.9 Å². The van der Waals surface area contributed by atoms with Crippen molar-refractivity contribution in [1.82, 2.24) is 4.98 Å². The minimum Gasteiger partial charge on any atom is -0.384 e. The van der Waals surface area contributed by atoms with Crippen LogP contribution in [-0.2, 0) is 4.74 Å². The molecule has 1 unspecified atom stereocenters. The molecule has 5 nitrogen and oxygen atoms in total. The highest BCUT2D eigenvalue weighted by molar-refractivity contribution is 5.95. The van der Waals surface area contributed by atoms with Gasteiger partial charge in [0.25, 0.3) is 0 Å². The molecule has 0 amide bonds. The predicted molar refractivity (Wildman–Crippen MR) is 69.7 cm³/mol. The number of hydrogen-bond donors (Lipinski definition) is 2. The van der Waals surface area contributed by atoms with Crippen molar-refractivity contribution in [2.24, 2.45) is 5.73 Å². The fourth-order valence-electron chi connectivity index (χ4n) is 1.57. The Labute approximate surface area is 102 Å². The SMILES string of the molecule is COCC(C)N(C)c1cc(C(=N)N)cc(C)n1. The van der Waals surface area contributed by atoms with Crippen LogP contribution in [0.5, 0.6) is 0 Å². The third-order valence-corrected chi connectivity index (χ3v) is 2.68. The van der Waals surface area contributed by atoms with Gasteiger partial charge in [0.1, 0.15) is 11.7 Å². The first-order valence-electron chi connectivity index (χ1n) is 5.50. The van der Waals surface area contributed by atoms with E-state index in [2.05, 4.69) is 11.9 Å². The predicted octanol–water partition coefficient (Wildman–Crippen LogP) is 1.15. The Kier molecular flexibility index (Phi) is 4.45. The summed E-state index contributed by atoms with van der Waals surface area (Å²) in [5.74, 6) is 0.865. The molecule has 1 aromatic rings. The molecule has 0 spiro atoms. The second-order valence-electron chi connectivity index (χ2n) is 4.18. The standard InChI is InChI=1S/C12H20N4O/c1-8-5-10(12(13)14)6-11(15-8)16(3)9(2)7-17-4/h5-6,9H,7H2,1-4H3,(H3,13,14). The van der Waals surface area contributed by atoms with Crippen molar-refractivity contribution in [2.75, 3.05) is 25.7 Å². The maximum atomic E-state index is 7.46. The van der Waals surface area contributed by atoms with Gasteiger partial charge in [0.2, 0.25) is 0 Å². The molecule has 1 atom stereocenters. The minimum absolute atomic E-state index is 0.0598. The number of pyridine rings is 1. The zero-order valence-electron chi connectivity index (χ0n) is 10.8. The van der Waals surface area contributed by atoms with E-state index < -0.39 is 0 Å². The van der Waals surface area contributed by atoms with Gasteiger partial charge >= 0.3 is 0 Å². The summed E-state index contributed by atoms with van der Waals surface area (Å²) >= 11 is 0. The van der Waals surface area contributed by atoms with Crippen molar-refractivity contribution in [1.29, 1.82) is 5.41 Å². The van der Waals surface area contributed by atoms with Crippen LogP contribution in [0.1, 0.15) is 18.2 Å². The highest BCUT2D eigenvalue weighted by atomic mass is 16.5. The van der Waals surface area contributed by atoms with Crippen molar-refractivity contribution < 1.29 is 4.74 Å². The number of rotatable bonds is 5. The Bertz CT molecular complexity index is 405. The molecule has 0 aliphatic carbocycles. The molecule has 0 saturated carbocycles. The molecule has 0 aliphatic heterocycles. The first-order chi connectivity index (χ1) is 7.95. The summed E-state index contributed by atoms with van der Waals surface area (Å²) in [5.41, 5.74) is 7.05. The van der Waals surface area contributed by atoms with Crippen LogP contribution in [0.15, 0.2) is 12.1 Å². The van der Waals surface area contributed by atoms with Gasteiger partial charge in [-0.3, -0.25) is 5.41 Å². The maximum absolute atomic E-state index is 7.46. The van der Waals surface area contributed by atoms with Gasteiger partial charge in [-0.25, -0.2) is 4.98 Å². The quantitative estimate of drug-likeness (QED) is 0.594. The fraction of sp³-hybridized carbons (Fsp3) is 0.500. The Morgan fingerprint density at radius 2 is 2.24 bits per heavy atom. The van der Waals surface area contributed by atoms with E-state index in [0.29, 0.717) is 12.2 Å². The van der Waals surface area contributed by atoms with Crippen molar-refractivity contribution >= 4 is 11.7 Å². The molecular weight excluding hydrogens is 216 g/mol. The molecule has 1 aromatic heterocycles. The summed E-state index contributed by atoms with van der Waals surface area (Å²) in [4.78, 5) is 6.45. The highest BCUT2D eigenvalue weighted by Gasteiger charge is 2.12. The number of likely N-dealkylation sites (N-methyl/N-ethyl adjacent to an activating group) is 1. The van der Waals surface area contributed by atoms with E-state index in [4.69, 9.17) is 15.9 Å². The smallest absolute Gasteiger partial charge is 0.129 e. The zero-order valence-corrected chi connectivity index (χ0v) is 10.8. The first kappa shape index (κ1) is 13.4. The number of nitrogens with two attached hydrogens (primary N) is 1. The number of anilines is 1. The number of aryl methyl sites for hydroxylation is 1. The summed E-state index contributed by atoms with van der Waals surface area (Å²) in [6, 6.07) is 3.84. The van der Waals surface area contributed by atoms with Crippen molar-refractivity contribution in [3.05, 3.63) is 23.4 Å². The largest absolute Gasteiger partial charge is 0.384 e. The number of ether oxygens (including phenoxy) is 1. The van der Waals surface area contributed by atoms with Crippen LogP contribution in [0.2, 0.25) is 0 Å². The van der Waals surface area contributed by atoms with Crippen LogP contribution >= 0.6 is 0 Å². The highest BCUT2D eigenvalue weighted by Crippen LogP contribution is 2.15. The molecule has 3 N–H and O–H groups in total. The van der Waals surface area contributed by atoms with Crippen LogP contribution in [0.25, 0.3) is 0 Å². The Morgan fingerprint density at radius 3 is 2.76 bits per heavy atom. The summed E-state index contributed by atoms with van der Waals surface area (Å²) in [6.45, 7) is 4.58. The lowest BCUT2D eigenvalue weighted by molar-refractivity contribution is 0.183. The monoisotopic (exact) mass is 236 g/mol. The van der Waals surface area contributed by atoms with E-state index in [9.17, 15) is 0 Å². The van der Waals surface area contributed by atoms with Gasteiger partial charge in [-0.2, -0.15) is 0 Å². The number of aromatic nitrogens is 1. The van der Waals surface area contributed by atoms with Gasteiger partial charge < -0.3 is 15.4 Å². The molecule has 17 heavy (non-hydrogen) atoms. The van der Waals surface area contributed by atoms with Crippen LogP contribution in [0.4, 0.5) is 5.82 Å². The molecule has 94 valence electrons. The van der Waals surface area contributed by atoms with Gasteiger partial charge in [0.15, 0.2) is 0 Å². The summed E-state index contributed by atoms with van der Waals surface area (Å²) in [5, 5.41) is 7.46. The Balaban J connectivity index is 3.01. The van der Waals surface area contributed by atoms with Crippen LogP contribution < -0.4 is 10.6 Å². The second kappa shape index (κ2) is 5.63. The summed E-state index contributed by atoms with van der Waals surface area (Å²) in [6.07, 6.45) is 0. The molecule has 5 heteroatoms. The molecule has 0 saturated heterocycles. The Hall–Kier alpha value is -1.62. The third-order valence-electron chi connectivity index (χ3n) is 2.68. The molecule has 1 heterocycles. The van der Waals surface area contributed by atoms with E-state index >= 15 is 0 Å². The normalized spacial score (nSPS) is 12.2. The van der Waals surface area contributed by atoms with Crippen LogP contribution in [0, 0.1) is 12.3 Å². The lowest BCUT2D eigenvalue weighted by Gasteiger charge is -2.26. The van der Waals surface area contributed by atoms with Crippen molar-refractivity contribution in [3.8, 4) is 0 Å². The molecule has 0 aliphatic rings. The topological polar surface area (TPSA) is 75.2 Å². The van der Waals surface area contributed by atoms with E-state index in [1.807, 2.05) is 24.9 Å². The second-order valence-corrected chi connectivity index (χ2v) is 4.18. The van der Waals surface area contributed by atoms with E-state index in [1.165, 1.54) is 0 Å². The zero-order chi connectivity index (χ0) is 13.0. The van der Waals surface area contributed by atoms with E-state index in [0.717, 1.165) is 11.5 Å². The van der Waals surface area contributed by atoms with Gasteiger partial charge in [0, 0.05) is 25.4 Å². The number of nitrogens with one attached hydrogen (secondary N) is 1. The van der Waals surface area contributed by atoms with Gasteiger partial charge in [0.05, 0.1) is 12.6 Å². The maximum Gasteiger partial charge on any atom is 0.129 e. The lowest BCUT2D eigenvalue weighted by atomic mass is 10.2. The van der Waals surface area contributed by atoms with Gasteiger partial charge in [-0.15, -0.1) is 0 Å².